The third kappa shape index (κ3) is 3.42. The van der Waals surface area contributed by atoms with Gasteiger partial charge in [0.25, 0.3) is 0 Å². The zero-order valence-corrected chi connectivity index (χ0v) is 15.4. The van der Waals surface area contributed by atoms with E-state index in [1.165, 1.54) is 0 Å². The van der Waals surface area contributed by atoms with Crippen LogP contribution in [0.25, 0.3) is 0 Å². The van der Waals surface area contributed by atoms with Gasteiger partial charge in [-0.1, -0.05) is 34.5 Å². The minimum atomic E-state index is -0.564. The van der Waals surface area contributed by atoms with Gasteiger partial charge in [-0.3, -0.25) is 0 Å². The van der Waals surface area contributed by atoms with E-state index in [2.05, 4.69) is 10.3 Å². The first-order chi connectivity index (χ1) is 11.3. The van der Waals surface area contributed by atoms with E-state index in [4.69, 9.17) is 27.9 Å². The first kappa shape index (κ1) is 17.2. The van der Waals surface area contributed by atoms with E-state index in [9.17, 15) is 4.79 Å². The summed E-state index contributed by atoms with van der Waals surface area (Å²) in [5.41, 5.74) is 1.55. The van der Waals surface area contributed by atoms with E-state index in [0.717, 1.165) is 30.5 Å². The summed E-state index contributed by atoms with van der Waals surface area (Å²) in [4.78, 5) is 12.4. The van der Waals surface area contributed by atoms with Crippen LogP contribution >= 0.6 is 23.2 Å². The predicted molar refractivity (Wildman–Crippen MR) is 92.7 cm³/mol. The first-order valence-electron chi connectivity index (χ1n) is 7.88. The Hall–Kier alpha value is -1.59. The van der Waals surface area contributed by atoms with Crippen LogP contribution in [0.4, 0.5) is 0 Å². The molecule has 3 rings (SSSR count). The van der Waals surface area contributed by atoms with Crippen molar-refractivity contribution in [2.75, 3.05) is 0 Å². The molecule has 0 radical (unpaired) electrons. The van der Waals surface area contributed by atoms with Gasteiger partial charge in [0.15, 0.2) is 5.69 Å². The van der Waals surface area contributed by atoms with Crippen molar-refractivity contribution >= 4 is 29.2 Å². The molecule has 0 N–H and O–H groups in total. The second kappa shape index (κ2) is 6.37. The zero-order valence-electron chi connectivity index (χ0n) is 13.8. The third-order valence-corrected chi connectivity index (χ3v) is 4.64. The lowest BCUT2D eigenvalue weighted by Crippen LogP contribution is -2.26. The van der Waals surface area contributed by atoms with Gasteiger partial charge in [0.2, 0.25) is 0 Å². The second-order valence-corrected chi connectivity index (χ2v) is 7.73. The molecule has 24 heavy (non-hydrogen) atoms. The van der Waals surface area contributed by atoms with Crippen LogP contribution in [0, 0.1) is 0 Å². The Morgan fingerprint density at radius 1 is 1.29 bits per heavy atom. The SMILES string of the molecule is CC(C)(C)OC(=O)c1nnn2c1CCCC2c1ccc(Cl)c(Cl)c1. The Bertz CT molecular complexity index is 781. The van der Waals surface area contributed by atoms with Gasteiger partial charge >= 0.3 is 5.97 Å². The van der Waals surface area contributed by atoms with Crippen LogP contribution in [-0.2, 0) is 11.2 Å². The average molecular weight is 368 g/mol. The van der Waals surface area contributed by atoms with Crippen LogP contribution in [0.2, 0.25) is 10.0 Å². The number of carbonyl (C=O) groups excluding carboxylic acids is 1. The highest BCUT2D eigenvalue weighted by Gasteiger charge is 2.31. The van der Waals surface area contributed by atoms with Crippen molar-refractivity contribution in [1.82, 2.24) is 15.0 Å². The number of ether oxygens (including phenoxy) is 1. The Labute approximate surface area is 150 Å². The fraction of sp³-hybridized carbons (Fsp3) is 0.471. The summed E-state index contributed by atoms with van der Waals surface area (Å²) in [7, 11) is 0. The smallest absolute Gasteiger partial charge is 0.361 e. The molecule has 1 unspecified atom stereocenters. The topological polar surface area (TPSA) is 57.0 Å². The molecular weight excluding hydrogens is 349 g/mol. The lowest BCUT2D eigenvalue weighted by Gasteiger charge is -2.25. The number of hydrogen-bond acceptors (Lipinski definition) is 4. The summed E-state index contributed by atoms with van der Waals surface area (Å²) >= 11 is 12.1. The van der Waals surface area contributed by atoms with Gasteiger partial charge in [-0.25, -0.2) is 9.48 Å². The Balaban J connectivity index is 1.95. The predicted octanol–water partition coefficient (Wildman–Crippen LogP) is 4.47. The van der Waals surface area contributed by atoms with Gasteiger partial charge in [0.1, 0.15) is 5.60 Å². The number of hydrogen-bond donors (Lipinski definition) is 0. The van der Waals surface area contributed by atoms with Gasteiger partial charge in [-0.05, 0) is 57.7 Å². The fourth-order valence-electron chi connectivity index (χ4n) is 2.89. The van der Waals surface area contributed by atoms with Gasteiger partial charge in [0, 0.05) is 0 Å². The summed E-state index contributed by atoms with van der Waals surface area (Å²) in [6.45, 7) is 5.50. The van der Waals surface area contributed by atoms with Crippen molar-refractivity contribution in [2.45, 2.75) is 51.7 Å². The molecule has 1 aliphatic heterocycles. The highest BCUT2D eigenvalue weighted by molar-refractivity contribution is 6.42. The van der Waals surface area contributed by atoms with E-state index in [-0.39, 0.29) is 6.04 Å². The Morgan fingerprint density at radius 2 is 2.04 bits per heavy atom. The lowest BCUT2D eigenvalue weighted by atomic mass is 9.96. The maximum absolute atomic E-state index is 12.4. The Morgan fingerprint density at radius 3 is 2.71 bits per heavy atom. The molecule has 0 saturated heterocycles. The number of rotatable bonds is 2. The maximum atomic E-state index is 12.4. The number of benzene rings is 1. The summed E-state index contributed by atoms with van der Waals surface area (Å²) in [5.74, 6) is -0.432. The zero-order chi connectivity index (χ0) is 17.5. The van der Waals surface area contributed by atoms with E-state index in [1.807, 2.05) is 37.6 Å². The molecule has 0 saturated carbocycles. The van der Waals surface area contributed by atoms with Gasteiger partial charge < -0.3 is 4.74 Å². The second-order valence-electron chi connectivity index (χ2n) is 6.91. The van der Waals surface area contributed by atoms with Gasteiger partial charge in [-0.2, -0.15) is 0 Å². The molecule has 5 nitrogen and oxygen atoms in total. The molecule has 1 aromatic heterocycles. The molecule has 2 heterocycles. The number of esters is 1. The quantitative estimate of drug-likeness (QED) is 0.734. The third-order valence-electron chi connectivity index (χ3n) is 3.90. The van der Waals surface area contributed by atoms with Crippen molar-refractivity contribution < 1.29 is 9.53 Å². The summed E-state index contributed by atoms with van der Waals surface area (Å²) < 4.78 is 7.24. The van der Waals surface area contributed by atoms with E-state index in [0.29, 0.717) is 15.7 Å². The largest absolute Gasteiger partial charge is 0.455 e. The van der Waals surface area contributed by atoms with E-state index >= 15 is 0 Å². The molecule has 0 bridgehead atoms. The minimum Gasteiger partial charge on any atom is -0.455 e. The highest BCUT2D eigenvalue weighted by Crippen LogP contribution is 2.34. The number of fused-ring (bicyclic) bond motifs is 1. The average Bonchev–Trinajstić information content (AvgIpc) is 2.92. The van der Waals surface area contributed by atoms with Crippen molar-refractivity contribution in [3.05, 3.63) is 45.2 Å². The molecule has 7 heteroatoms. The van der Waals surface area contributed by atoms with Gasteiger partial charge in [0.05, 0.1) is 21.8 Å². The molecule has 1 aromatic carbocycles. The number of halogens is 2. The minimum absolute atomic E-state index is 0.00722. The lowest BCUT2D eigenvalue weighted by molar-refractivity contribution is 0.00612. The van der Waals surface area contributed by atoms with Crippen LogP contribution in [0.15, 0.2) is 18.2 Å². The standard InChI is InChI=1S/C17H19Cl2N3O2/c1-17(2,3)24-16(23)15-14-6-4-5-13(22(14)21-20-15)10-7-8-11(18)12(19)9-10/h7-9,13H,4-6H2,1-3H3. The summed E-state index contributed by atoms with van der Waals surface area (Å²) in [6, 6.07) is 5.55. The van der Waals surface area contributed by atoms with Crippen LogP contribution in [-0.4, -0.2) is 26.6 Å². The van der Waals surface area contributed by atoms with Crippen molar-refractivity contribution in [3.8, 4) is 0 Å². The molecule has 0 amide bonds. The fourth-order valence-corrected chi connectivity index (χ4v) is 3.20. The maximum Gasteiger partial charge on any atom is 0.361 e. The summed E-state index contributed by atoms with van der Waals surface area (Å²) in [6.07, 6.45) is 2.59. The van der Waals surface area contributed by atoms with Crippen LogP contribution < -0.4 is 0 Å². The molecule has 0 aliphatic carbocycles. The normalized spacial score (nSPS) is 17.5. The van der Waals surface area contributed by atoms with Crippen LogP contribution in [0.1, 0.15) is 61.4 Å². The van der Waals surface area contributed by atoms with Crippen molar-refractivity contribution in [3.63, 3.8) is 0 Å². The molecule has 1 atom stereocenters. The molecule has 0 spiro atoms. The molecule has 1 aliphatic rings. The monoisotopic (exact) mass is 367 g/mol. The van der Waals surface area contributed by atoms with Crippen LogP contribution in [0.5, 0.6) is 0 Å². The summed E-state index contributed by atoms with van der Waals surface area (Å²) in [5, 5.41) is 9.31. The van der Waals surface area contributed by atoms with Crippen molar-refractivity contribution in [2.24, 2.45) is 0 Å². The molecular formula is C17H19Cl2N3O2. The van der Waals surface area contributed by atoms with E-state index in [1.54, 1.807) is 6.07 Å². The first-order valence-corrected chi connectivity index (χ1v) is 8.64. The number of nitrogens with zero attached hydrogens (tertiary/aromatic N) is 3. The molecule has 0 fully saturated rings. The van der Waals surface area contributed by atoms with Crippen molar-refractivity contribution in [1.29, 1.82) is 0 Å². The number of carbonyl (C=O) groups is 1. The van der Waals surface area contributed by atoms with Gasteiger partial charge in [-0.15, -0.1) is 5.10 Å². The number of aromatic nitrogens is 3. The van der Waals surface area contributed by atoms with Crippen LogP contribution in [0.3, 0.4) is 0 Å². The molecule has 2 aromatic rings. The van der Waals surface area contributed by atoms with E-state index < -0.39 is 11.6 Å². The Kier molecular flexibility index (Phi) is 4.58. The highest BCUT2D eigenvalue weighted by atomic mass is 35.5. The molecule has 128 valence electrons.